The van der Waals surface area contributed by atoms with Crippen LogP contribution in [0.4, 0.5) is 5.69 Å². The summed E-state index contributed by atoms with van der Waals surface area (Å²) in [5, 5.41) is 10.6. The summed E-state index contributed by atoms with van der Waals surface area (Å²) in [6.45, 7) is 0. The summed E-state index contributed by atoms with van der Waals surface area (Å²) >= 11 is -0.556. The van der Waals surface area contributed by atoms with E-state index in [2.05, 4.69) is 11.1 Å². The van der Waals surface area contributed by atoms with Crippen LogP contribution in [0.5, 0.6) is 5.75 Å². The first-order valence-electron chi connectivity index (χ1n) is 8.63. The van der Waals surface area contributed by atoms with E-state index >= 15 is 0 Å². The summed E-state index contributed by atoms with van der Waals surface area (Å²) in [6.07, 6.45) is 9.34. The number of nitrogens with zero attached hydrogens (tertiary/aromatic N) is 1. The molecule has 25 heavy (non-hydrogen) atoms. The molecule has 1 N–H and O–H groups in total. The Kier molecular flexibility index (Phi) is 9.64. The van der Waals surface area contributed by atoms with Gasteiger partial charge in [-0.25, -0.2) is 0 Å². The molecule has 3 rings (SSSR count). The number of hydrogen-bond acceptors (Lipinski definition) is 2. The van der Waals surface area contributed by atoms with Crippen molar-refractivity contribution >= 4 is 30.5 Å². The molecule has 1 aliphatic carbocycles. The average molecular weight is 412 g/mol. The standard InChI is InChI=1S/C20H23NO.2ClH.Ti/c22-20-17(15-21-18-12-6-3-7-13-18)11-8-14-19(20)16-9-4-1-2-5-10-16;;;/h3,6-8,11-16,22H,1-2,4-5,9-10H2;2*1H;/q;;;+2/p-2. The number of aromatic hydroxyl groups is 1. The van der Waals surface area contributed by atoms with Gasteiger partial charge in [0.25, 0.3) is 0 Å². The normalized spacial score (nSPS) is 15.3. The van der Waals surface area contributed by atoms with Crippen LogP contribution in [0.3, 0.4) is 0 Å². The average Bonchev–Trinajstić information content (AvgIpc) is 2.92. The second-order valence-corrected chi connectivity index (χ2v) is 8.72. The molecular weight excluding hydrogens is 389 g/mol. The second kappa shape index (κ2) is 11.7. The van der Waals surface area contributed by atoms with Gasteiger partial charge in [0.05, 0.1) is 5.69 Å². The summed E-state index contributed by atoms with van der Waals surface area (Å²) in [5.74, 6) is 0.904. The Bertz CT molecular complexity index is 656. The third-order valence-electron chi connectivity index (χ3n) is 4.50. The zero-order valence-corrected chi connectivity index (χ0v) is 17.2. The van der Waals surface area contributed by atoms with Crippen LogP contribution in [0.25, 0.3) is 0 Å². The van der Waals surface area contributed by atoms with Crippen molar-refractivity contribution in [1.82, 2.24) is 0 Å². The Hall–Kier alpha value is -0.796. The Balaban J connectivity index is 0.000000701. The molecular formula is C20H23Cl2NOTi. The van der Waals surface area contributed by atoms with Gasteiger partial charge in [-0.15, -0.1) is 0 Å². The van der Waals surface area contributed by atoms with Crippen LogP contribution in [-0.2, 0) is 17.0 Å². The Labute approximate surface area is 167 Å². The van der Waals surface area contributed by atoms with E-state index in [0.29, 0.717) is 11.7 Å². The number of phenolic OH excluding ortho intramolecular Hbond substituents is 1. The fourth-order valence-electron chi connectivity index (χ4n) is 3.26. The SMILES string of the molecule is Oc1c(C=Nc2ccccc2)cccc1C1CCCCCC1.[Cl][Ti][Cl]. The molecule has 0 bridgehead atoms. The van der Waals surface area contributed by atoms with Crippen molar-refractivity contribution in [2.75, 3.05) is 0 Å². The van der Waals surface area contributed by atoms with Crippen molar-refractivity contribution in [3.8, 4) is 5.75 Å². The van der Waals surface area contributed by atoms with Gasteiger partial charge in [0, 0.05) is 11.8 Å². The first kappa shape index (κ1) is 20.5. The maximum atomic E-state index is 10.6. The fraction of sp³-hybridized carbons (Fsp3) is 0.350. The summed E-state index contributed by atoms with van der Waals surface area (Å²) in [6, 6.07) is 15.9. The van der Waals surface area contributed by atoms with Gasteiger partial charge in [-0.1, -0.05) is 56.0 Å². The third-order valence-corrected chi connectivity index (χ3v) is 4.50. The van der Waals surface area contributed by atoms with Gasteiger partial charge in [0.1, 0.15) is 5.75 Å². The minimum absolute atomic E-state index is 0.411. The summed E-state index contributed by atoms with van der Waals surface area (Å²) in [4.78, 5) is 4.46. The molecule has 2 nitrogen and oxygen atoms in total. The van der Waals surface area contributed by atoms with Crippen LogP contribution in [0.1, 0.15) is 55.6 Å². The molecule has 2 aromatic rings. The molecule has 0 atom stereocenters. The molecule has 0 aromatic heterocycles. The molecule has 1 fully saturated rings. The van der Waals surface area contributed by atoms with Gasteiger partial charge in [-0.05, 0) is 42.5 Å². The van der Waals surface area contributed by atoms with Crippen molar-refractivity contribution < 1.29 is 22.1 Å². The molecule has 0 spiro atoms. The minimum atomic E-state index is -0.556. The zero-order chi connectivity index (χ0) is 17.9. The van der Waals surface area contributed by atoms with E-state index in [0.717, 1.165) is 16.8 Å². The molecule has 0 saturated heterocycles. The Morgan fingerprint density at radius 1 is 0.920 bits per heavy atom. The number of phenols is 1. The second-order valence-electron chi connectivity index (χ2n) is 6.14. The first-order chi connectivity index (χ1) is 12.3. The molecule has 0 aliphatic heterocycles. The molecule has 0 amide bonds. The summed E-state index contributed by atoms with van der Waals surface area (Å²) < 4.78 is 0. The molecule has 0 unspecified atom stereocenters. The number of rotatable bonds is 3. The quantitative estimate of drug-likeness (QED) is 0.330. The molecule has 0 radical (unpaired) electrons. The van der Waals surface area contributed by atoms with Crippen molar-refractivity contribution in [3.05, 3.63) is 59.7 Å². The fourth-order valence-corrected chi connectivity index (χ4v) is 3.26. The van der Waals surface area contributed by atoms with E-state index in [1.54, 1.807) is 6.21 Å². The van der Waals surface area contributed by atoms with Crippen molar-refractivity contribution in [2.45, 2.75) is 44.4 Å². The van der Waals surface area contributed by atoms with Crippen LogP contribution < -0.4 is 0 Å². The Morgan fingerprint density at radius 2 is 1.56 bits per heavy atom. The van der Waals surface area contributed by atoms with E-state index in [1.807, 2.05) is 42.5 Å². The van der Waals surface area contributed by atoms with Crippen LogP contribution in [0.2, 0.25) is 0 Å². The van der Waals surface area contributed by atoms with E-state index in [4.69, 9.17) is 18.6 Å². The van der Waals surface area contributed by atoms with E-state index < -0.39 is 17.0 Å². The van der Waals surface area contributed by atoms with Crippen molar-refractivity contribution in [2.24, 2.45) is 4.99 Å². The maximum absolute atomic E-state index is 10.6. The first-order valence-corrected chi connectivity index (χ1v) is 12.9. The predicted octanol–water partition coefficient (Wildman–Crippen LogP) is 6.96. The number of halogens is 2. The monoisotopic (exact) mass is 411 g/mol. The molecule has 2 aromatic carbocycles. The van der Waals surface area contributed by atoms with E-state index in [1.165, 1.54) is 38.5 Å². The molecule has 1 saturated carbocycles. The van der Waals surface area contributed by atoms with Gasteiger partial charge in [-0.3, -0.25) is 4.99 Å². The third kappa shape index (κ3) is 6.79. The summed E-state index contributed by atoms with van der Waals surface area (Å²) in [7, 11) is 9.78. The van der Waals surface area contributed by atoms with Gasteiger partial charge >= 0.3 is 35.6 Å². The number of benzene rings is 2. The van der Waals surface area contributed by atoms with Crippen LogP contribution in [0, 0.1) is 0 Å². The van der Waals surface area contributed by atoms with Crippen LogP contribution >= 0.6 is 18.6 Å². The molecule has 1 aliphatic rings. The predicted molar refractivity (Wildman–Crippen MR) is 104 cm³/mol. The number of para-hydroxylation sites is 2. The van der Waals surface area contributed by atoms with Gasteiger partial charge in [-0.2, -0.15) is 0 Å². The van der Waals surface area contributed by atoms with E-state index in [9.17, 15) is 5.11 Å². The van der Waals surface area contributed by atoms with Crippen molar-refractivity contribution in [1.29, 1.82) is 0 Å². The van der Waals surface area contributed by atoms with Crippen LogP contribution in [0.15, 0.2) is 53.5 Å². The number of hydrogen-bond donors (Lipinski definition) is 1. The van der Waals surface area contributed by atoms with Gasteiger partial charge < -0.3 is 5.11 Å². The van der Waals surface area contributed by atoms with Crippen molar-refractivity contribution in [3.63, 3.8) is 0 Å². The molecule has 132 valence electrons. The van der Waals surface area contributed by atoms with E-state index in [-0.39, 0.29) is 0 Å². The molecule has 5 heteroatoms. The Morgan fingerprint density at radius 3 is 2.20 bits per heavy atom. The summed E-state index contributed by atoms with van der Waals surface area (Å²) in [5.41, 5.74) is 2.81. The topological polar surface area (TPSA) is 32.6 Å². The zero-order valence-electron chi connectivity index (χ0n) is 14.2. The molecule has 0 heterocycles. The van der Waals surface area contributed by atoms with Gasteiger partial charge in [0.15, 0.2) is 0 Å². The van der Waals surface area contributed by atoms with Crippen LogP contribution in [-0.4, -0.2) is 11.3 Å². The number of aliphatic imine (C=N–C) groups is 1. The van der Waals surface area contributed by atoms with Gasteiger partial charge in [0.2, 0.25) is 0 Å².